The van der Waals surface area contributed by atoms with E-state index in [0.717, 1.165) is 27.5 Å². The lowest BCUT2D eigenvalue weighted by Gasteiger charge is -2.20. The summed E-state index contributed by atoms with van der Waals surface area (Å²) in [5.41, 5.74) is 3.44. The first-order valence-corrected chi connectivity index (χ1v) is 11.6. The maximum Gasteiger partial charge on any atom is 0.247 e. The second-order valence-electron chi connectivity index (χ2n) is 7.41. The largest absolute Gasteiger partial charge is 0.497 e. The molecule has 2 aromatic heterocycles. The first-order valence-electron chi connectivity index (χ1n) is 10.7. The minimum absolute atomic E-state index is 0.114. The molecule has 0 fully saturated rings. The molecule has 0 bridgehead atoms. The Bertz CT molecular complexity index is 1260. The summed E-state index contributed by atoms with van der Waals surface area (Å²) in [6, 6.07) is 16.7. The van der Waals surface area contributed by atoms with Gasteiger partial charge in [0.05, 0.1) is 31.4 Å². The molecule has 33 heavy (non-hydrogen) atoms. The number of thioether (sulfide) groups is 1. The van der Waals surface area contributed by atoms with E-state index in [-0.39, 0.29) is 5.91 Å². The minimum atomic E-state index is -0.446. The molecular formula is C25H26N4O3S. The van der Waals surface area contributed by atoms with Gasteiger partial charge in [0.25, 0.3) is 0 Å². The third-order valence-corrected chi connectivity index (χ3v) is 6.32. The van der Waals surface area contributed by atoms with E-state index in [9.17, 15) is 4.79 Å². The SMILES string of the molecule is CC[C@@H](C(=O)Nc1cccc(OC)c1)n1c(SCc2cccc(OC)c2)nc2ccncc21. The molecule has 170 valence electrons. The van der Waals surface area contributed by atoms with Crippen molar-refractivity contribution in [1.29, 1.82) is 0 Å². The van der Waals surface area contributed by atoms with Gasteiger partial charge in [-0.25, -0.2) is 4.98 Å². The molecule has 1 N–H and O–H groups in total. The van der Waals surface area contributed by atoms with E-state index >= 15 is 0 Å². The van der Waals surface area contributed by atoms with Gasteiger partial charge in [-0.05, 0) is 42.3 Å². The number of methoxy groups -OCH3 is 2. The molecule has 8 heteroatoms. The monoisotopic (exact) mass is 462 g/mol. The molecule has 0 unspecified atom stereocenters. The molecule has 0 saturated carbocycles. The summed E-state index contributed by atoms with van der Waals surface area (Å²) in [7, 11) is 3.26. The first kappa shape index (κ1) is 22.7. The highest BCUT2D eigenvalue weighted by Crippen LogP contribution is 2.32. The summed E-state index contributed by atoms with van der Waals surface area (Å²) in [6.45, 7) is 1.99. The van der Waals surface area contributed by atoms with E-state index in [1.165, 1.54) is 0 Å². The number of pyridine rings is 1. The van der Waals surface area contributed by atoms with Gasteiger partial charge in [0.1, 0.15) is 17.5 Å². The van der Waals surface area contributed by atoms with Gasteiger partial charge in [-0.1, -0.05) is 36.9 Å². The van der Waals surface area contributed by atoms with E-state index in [0.29, 0.717) is 23.6 Å². The lowest BCUT2D eigenvalue weighted by molar-refractivity contribution is -0.119. The number of anilines is 1. The van der Waals surface area contributed by atoms with Crippen molar-refractivity contribution in [2.75, 3.05) is 19.5 Å². The van der Waals surface area contributed by atoms with Crippen LogP contribution in [-0.2, 0) is 10.5 Å². The fraction of sp³-hybridized carbons (Fsp3) is 0.240. The zero-order valence-corrected chi connectivity index (χ0v) is 19.6. The van der Waals surface area contributed by atoms with E-state index in [1.807, 2.05) is 54.0 Å². The Balaban J connectivity index is 1.64. The van der Waals surface area contributed by atoms with E-state index < -0.39 is 6.04 Å². The summed E-state index contributed by atoms with van der Waals surface area (Å²) in [5.74, 6) is 2.08. The molecule has 7 nitrogen and oxygen atoms in total. The topological polar surface area (TPSA) is 78.3 Å². The number of nitrogens with one attached hydrogen (secondary N) is 1. The Morgan fingerprint density at radius 3 is 2.61 bits per heavy atom. The van der Waals surface area contributed by atoms with Crippen molar-refractivity contribution >= 4 is 34.4 Å². The van der Waals surface area contributed by atoms with Crippen LogP contribution in [0.25, 0.3) is 11.0 Å². The van der Waals surface area contributed by atoms with Gasteiger partial charge in [0, 0.05) is 23.7 Å². The highest BCUT2D eigenvalue weighted by atomic mass is 32.2. The van der Waals surface area contributed by atoms with Gasteiger partial charge in [-0.3, -0.25) is 9.78 Å². The molecule has 0 aliphatic carbocycles. The molecule has 2 aromatic carbocycles. The molecule has 0 spiro atoms. The fourth-order valence-electron chi connectivity index (χ4n) is 3.64. The molecule has 4 aromatic rings. The van der Waals surface area contributed by atoms with Crippen LogP contribution in [0.5, 0.6) is 11.5 Å². The van der Waals surface area contributed by atoms with Crippen molar-refractivity contribution in [3.63, 3.8) is 0 Å². The number of carbonyl (C=O) groups is 1. The number of benzene rings is 2. The van der Waals surface area contributed by atoms with E-state index in [4.69, 9.17) is 14.5 Å². The van der Waals surface area contributed by atoms with Crippen LogP contribution in [0.1, 0.15) is 24.9 Å². The summed E-state index contributed by atoms with van der Waals surface area (Å²) >= 11 is 1.59. The van der Waals surface area contributed by atoms with Crippen LogP contribution in [0, 0.1) is 0 Å². The summed E-state index contributed by atoms with van der Waals surface area (Å²) in [4.78, 5) is 22.4. The number of hydrogen-bond acceptors (Lipinski definition) is 6. The number of fused-ring (bicyclic) bond motifs is 1. The van der Waals surface area contributed by atoms with Crippen molar-refractivity contribution < 1.29 is 14.3 Å². The first-order chi connectivity index (χ1) is 16.1. The average molecular weight is 463 g/mol. The van der Waals surface area contributed by atoms with Crippen molar-refractivity contribution in [2.24, 2.45) is 0 Å². The zero-order chi connectivity index (χ0) is 23.2. The molecule has 4 rings (SSSR count). The maximum absolute atomic E-state index is 13.3. The number of ether oxygens (including phenoxy) is 2. The molecule has 0 radical (unpaired) electrons. The van der Waals surface area contributed by atoms with Crippen LogP contribution in [-0.4, -0.2) is 34.7 Å². The molecule has 1 atom stereocenters. The molecular weight excluding hydrogens is 436 g/mol. The van der Waals surface area contributed by atoms with Crippen molar-refractivity contribution in [3.05, 3.63) is 72.6 Å². The predicted octanol–water partition coefficient (Wildman–Crippen LogP) is 5.33. The van der Waals surface area contributed by atoms with Crippen LogP contribution >= 0.6 is 11.8 Å². The third kappa shape index (κ3) is 5.12. The Morgan fingerprint density at radius 1 is 1.09 bits per heavy atom. The quantitative estimate of drug-likeness (QED) is 0.339. The van der Waals surface area contributed by atoms with Crippen LogP contribution < -0.4 is 14.8 Å². The second-order valence-corrected chi connectivity index (χ2v) is 8.36. The van der Waals surface area contributed by atoms with Gasteiger partial charge >= 0.3 is 0 Å². The lowest BCUT2D eigenvalue weighted by atomic mass is 10.2. The Kier molecular flexibility index (Phi) is 7.14. The van der Waals surface area contributed by atoms with Crippen molar-refractivity contribution in [3.8, 4) is 11.5 Å². The van der Waals surface area contributed by atoms with Gasteiger partial charge < -0.3 is 19.4 Å². The number of amides is 1. The molecule has 2 heterocycles. The summed E-state index contributed by atoms with van der Waals surface area (Å²) in [5, 5.41) is 3.79. The Labute approximate surface area is 197 Å². The highest BCUT2D eigenvalue weighted by molar-refractivity contribution is 7.98. The predicted molar refractivity (Wildman–Crippen MR) is 131 cm³/mol. The second kappa shape index (κ2) is 10.4. The van der Waals surface area contributed by atoms with Gasteiger partial charge in [0.15, 0.2) is 5.16 Å². The number of imidazole rings is 1. The number of carbonyl (C=O) groups excluding carboxylic acids is 1. The van der Waals surface area contributed by atoms with Gasteiger partial charge in [-0.2, -0.15) is 0 Å². The lowest BCUT2D eigenvalue weighted by Crippen LogP contribution is -2.26. The normalized spacial score (nSPS) is 11.8. The van der Waals surface area contributed by atoms with E-state index in [2.05, 4.69) is 16.4 Å². The van der Waals surface area contributed by atoms with Crippen LogP contribution in [0.15, 0.2) is 72.1 Å². The zero-order valence-electron chi connectivity index (χ0n) is 18.8. The molecule has 1 amide bonds. The Morgan fingerprint density at radius 2 is 1.85 bits per heavy atom. The fourth-order valence-corrected chi connectivity index (χ4v) is 4.65. The average Bonchev–Trinajstić information content (AvgIpc) is 3.21. The number of rotatable bonds is 9. The summed E-state index contributed by atoms with van der Waals surface area (Å²) in [6.07, 6.45) is 4.08. The minimum Gasteiger partial charge on any atom is -0.497 e. The van der Waals surface area contributed by atoms with Gasteiger partial charge in [0.2, 0.25) is 5.91 Å². The maximum atomic E-state index is 13.3. The standard InChI is InChI=1S/C25H26N4O3S/c1-4-22(24(30)27-18-8-6-10-20(14-18)32-3)29-23-15-26-12-11-21(23)28-25(29)33-16-17-7-5-9-19(13-17)31-2/h5-15,22H,4,16H2,1-3H3,(H,27,30)/t22-/m0/s1. The van der Waals surface area contributed by atoms with Crippen molar-refractivity contribution in [1.82, 2.24) is 14.5 Å². The number of nitrogens with zero attached hydrogens (tertiary/aromatic N) is 3. The highest BCUT2D eigenvalue weighted by Gasteiger charge is 2.25. The summed E-state index contributed by atoms with van der Waals surface area (Å²) < 4.78 is 12.6. The molecule has 0 aliphatic rings. The van der Waals surface area contributed by atoms with Crippen LogP contribution in [0.3, 0.4) is 0 Å². The third-order valence-electron chi connectivity index (χ3n) is 5.30. The van der Waals surface area contributed by atoms with Crippen molar-refractivity contribution in [2.45, 2.75) is 30.3 Å². The number of aromatic nitrogens is 3. The molecule has 0 aliphatic heterocycles. The Hall–Kier alpha value is -3.52. The molecule has 0 saturated heterocycles. The number of hydrogen-bond donors (Lipinski definition) is 1. The van der Waals surface area contributed by atoms with Gasteiger partial charge in [-0.15, -0.1) is 0 Å². The van der Waals surface area contributed by atoms with Crippen LogP contribution in [0.2, 0.25) is 0 Å². The van der Waals surface area contributed by atoms with E-state index in [1.54, 1.807) is 44.4 Å². The van der Waals surface area contributed by atoms with Crippen LogP contribution in [0.4, 0.5) is 5.69 Å². The smallest absolute Gasteiger partial charge is 0.247 e.